The smallest absolute Gasteiger partial charge is 0.243 e. The number of aromatic hydroxyl groups is 1. The van der Waals surface area contributed by atoms with Gasteiger partial charge in [-0.25, -0.2) is 0 Å². The lowest BCUT2D eigenvalue weighted by Gasteiger charge is -2.28. The Balaban J connectivity index is 1.90. The van der Waals surface area contributed by atoms with Crippen molar-refractivity contribution < 1.29 is 29.4 Å². The molecule has 0 saturated carbocycles. The second-order valence-corrected chi connectivity index (χ2v) is 8.65. The average molecular weight is 514 g/mol. The van der Waals surface area contributed by atoms with Gasteiger partial charge < -0.3 is 36.8 Å². The zero-order chi connectivity index (χ0) is 27.4. The number of phenols is 1. The third-order valence-electron chi connectivity index (χ3n) is 5.74. The van der Waals surface area contributed by atoms with Crippen LogP contribution in [0.3, 0.4) is 0 Å². The van der Waals surface area contributed by atoms with E-state index in [9.17, 15) is 24.3 Å². The molecule has 2 aromatic rings. The number of amides is 4. The van der Waals surface area contributed by atoms with E-state index in [2.05, 4.69) is 16.0 Å². The summed E-state index contributed by atoms with van der Waals surface area (Å²) in [5, 5.41) is 26.0. The number of carbonyl (C=O) groups excluding carboxylic acids is 4. The molecule has 0 aliphatic carbocycles. The fraction of sp³-hybridized carbons (Fsp3) is 0.385. The Labute approximate surface area is 216 Å². The Morgan fingerprint density at radius 2 is 1.51 bits per heavy atom. The summed E-state index contributed by atoms with van der Waals surface area (Å²) in [7, 11) is 1.47. The Morgan fingerprint density at radius 1 is 0.892 bits per heavy atom. The number of likely N-dealkylation sites (N-methyl/N-ethyl adjacent to an activating group) is 1. The maximum absolute atomic E-state index is 12.8. The molecule has 11 heteroatoms. The van der Waals surface area contributed by atoms with Crippen LogP contribution in [-0.4, -0.2) is 83.6 Å². The van der Waals surface area contributed by atoms with Crippen LogP contribution in [0.25, 0.3) is 0 Å². The number of phenolic OH excluding ortho intramolecular Hbond substituents is 1. The number of nitrogens with two attached hydrogens (primary N) is 1. The first-order chi connectivity index (χ1) is 17.6. The van der Waals surface area contributed by atoms with Crippen LogP contribution in [0.1, 0.15) is 18.1 Å². The predicted molar refractivity (Wildman–Crippen MR) is 137 cm³/mol. The summed E-state index contributed by atoms with van der Waals surface area (Å²) in [6.07, 6.45) is 0.463. The van der Waals surface area contributed by atoms with Gasteiger partial charge in [-0.1, -0.05) is 42.5 Å². The number of hydrogen-bond donors (Lipinski definition) is 6. The molecule has 2 rings (SSSR count). The van der Waals surface area contributed by atoms with E-state index in [-0.39, 0.29) is 38.3 Å². The molecule has 0 fully saturated rings. The topological polar surface area (TPSA) is 174 Å². The van der Waals surface area contributed by atoms with Crippen LogP contribution < -0.4 is 21.7 Å². The molecule has 0 aliphatic rings. The lowest BCUT2D eigenvalue weighted by molar-refractivity contribution is -0.139. The lowest BCUT2D eigenvalue weighted by Crippen LogP contribution is -2.54. The monoisotopic (exact) mass is 513 g/mol. The third-order valence-corrected chi connectivity index (χ3v) is 5.74. The summed E-state index contributed by atoms with van der Waals surface area (Å²) < 4.78 is 0. The minimum absolute atomic E-state index is 0.0506. The molecule has 2 aromatic carbocycles. The first-order valence-corrected chi connectivity index (χ1v) is 11.9. The van der Waals surface area contributed by atoms with E-state index < -0.39 is 41.8 Å². The summed E-state index contributed by atoms with van der Waals surface area (Å²) >= 11 is 0. The van der Waals surface area contributed by atoms with Gasteiger partial charge in [-0.05, 0) is 36.6 Å². The number of nitrogens with zero attached hydrogens (tertiary/aromatic N) is 1. The molecule has 0 saturated heterocycles. The van der Waals surface area contributed by atoms with Gasteiger partial charge in [-0.2, -0.15) is 0 Å². The molecule has 37 heavy (non-hydrogen) atoms. The van der Waals surface area contributed by atoms with Crippen molar-refractivity contribution in [1.82, 2.24) is 20.9 Å². The van der Waals surface area contributed by atoms with Crippen LogP contribution in [0.5, 0.6) is 5.75 Å². The van der Waals surface area contributed by atoms with E-state index >= 15 is 0 Å². The molecule has 0 heterocycles. The van der Waals surface area contributed by atoms with Crippen molar-refractivity contribution in [1.29, 1.82) is 0 Å². The normalized spacial score (nSPS) is 13.1. The molecular formula is C26H35N5O6. The summed E-state index contributed by atoms with van der Waals surface area (Å²) in [5.41, 5.74) is 7.53. The standard InChI is InChI=1S/C26H35N5O6/c1-17(30-25(36)21(27)14-19-8-10-20(33)11-9-19)24(35)29-16-23(34)31(2)22(26(37)28-12-13-32)15-18-6-4-3-5-7-18/h3-11,17,21-22,32-33H,12-16,27H2,1-2H3,(H,28,37)(H,29,35)(H,30,36)/t17-,21+,22-/m0/s1. The minimum Gasteiger partial charge on any atom is -0.508 e. The molecule has 0 unspecified atom stereocenters. The van der Waals surface area contributed by atoms with Crippen molar-refractivity contribution in [2.45, 2.75) is 37.9 Å². The summed E-state index contributed by atoms with van der Waals surface area (Å²) in [4.78, 5) is 51.6. The fourth-order valence-corrected chi connectivity index (χ4v) is 3.52. The van der Waals surface area contributed by atoms with Crippen molar-refractivity contribution >= 4 is 23.6 Å². The van der Waals surface area contributed by atoms with Gasteiger partial charge in [0, 0.05) is 20.0 Å². The number of aliphatic hydroxyl groups is 1. The average Bonchev–Trinajstić information content (AvgIpc) is 2.90. The van der Waals surface area contributed by atoms with Crippen molar-refractivity contribution in [2.75, 3.05) is 26.7 Å². The largest absolute Gasteiger partial charge is 0.508 e. The van der Waals surface area contributed by atoms with Crippen LogP contribution in [0, 0.1) is 0 Å². The molecule has 200 valence electrons. The molecular weight excluding hydrogens is 478 g/mol. The maximum atomic E-state index is 12.8. The van der Waals surface area contributed by atoms with Crippen molar-refractivity contribution in [2.24, 2.45) is 5.73 Å². The van der Waals surface area contributed by atoms with E-state index in [1.54, 1.807) is 12.1 Å². The Kier molecular flexibility index (Phi) is 11.5. The van der Waals surface area contributed by atoms with Crippen molar-refractivity contribution in [3.63, 3.8) is 0 Å². The Morgan fingerprint density at radius 3 is 2.14 bits per heavy atom. The van der Waals surface area contributed by atoms with Gasteiger partial charge in [0.1, 0.15) is 17.8 Å². The first-order valence-electron chi connectivity index (χ1n) is 11.9. The van der Waals surface area contributed by atoms with Crippen molar-refractivity contribution in [3.8, 4) is 5.75 Å². The van der Waals surface area contributed by atoms with Gasteiger partial charge in [0.05, 0.1) is 19.2 Å². The second kappa shape index (κ2) is 14.6. The maximum Gasteiger partial charge on any atom is 0.243 e. The predicted octanol–water partition coefficient (Wildman–Crippen LogP) is -0.939. The van der Waals surface area contributed by atoms with Crippen molar-refractivity contribution in [3.05, 3.63) is 65.7 Å². The number of rotatable bonds is 13. The van der Waals surface area contributed by atoms with Crippen LogP contribution in [0.15, 0.2) is 54.6 Å². The highest BCUT2D eigenvalue weighted by atomic mass is 16.3. The molecule has 4 amide bonds. The summed E-state index contributed by atoms with van der Waals surface area (Å²) in [5.74, 6) is -1.96. The van der Waals surface area contributed by atoms with Gasteiger partial charge >= 0.3 is 0 Å². The van der Waals surface area contributed by atoms with E-state index in [1.807, 2.05) is 30.3 Å². The quantitative estimate of drug-likeness (QED) is 0.200. The zero-order valence-corrected chi connectivity index (χ0v) is 21.0. The van der Waals surface area contributed by atoms with Crippen LogP contribution in [0.2, 0.25) is 0 Å². The van der Waals surface area contributed by atoms with Crippen LogP contribution in [0.4, 0.5) is 0 Å². The molecule has 7 N–H and O–H groups in total. The number of nitrogens with one attached hydrogen (secondary N) is 3. The van der Waals surface area contributed by atoms with E-state index in [1.165, 1.54) is 31.0 Å². The summed E-state index contributed by atoms with van der Waals surface area (Å²) in [6.45, 7) is 0.900. The Bertz CT molecular complexity index is 1050. The highest BCUT2D eigenvalue weighted by Gasteiger charge is 2.28. The molecule has 0 spiro atoms. The van der Waals surface area contributed by atoms with Gasteiger partial charge in [-0.15, -0.1) is 0 Å². The van der Waals surface area contributed by atoms with Crippen LogP contribution in [-0.2, 0) is 32.0 Å². The van der Waals surface area contributed by atoms with Gasteiger partial charge in [-0.3, -0.25) is 19.2 Å². The number of hydrogen-bond acceptors (Lipinski definition) is 7. The number of benzene rings is 2. The van der Waals surface area contributed by atoms with Gasteiger partial charge in [0.25, 0.3) is 0 Å². The zero-order valence-electron chi connectivity index (χ0n) is 21.0. The summed E-state index contributed by atoms with van der Waals surface area (Å²) in [6, 6.07) is 12.7. The lowest BCUT2D eigenvalue weighted by atomic mass is 10.0. The minimum atomic E-state index is -0.954. The SMILES string of the molecule is C[C@H](NC(=O)[C@H](N)Cc1ccc(O)cc1)C(=O)NCC(=O)N(C)[C@@H](Cc1ccccc1)C(=O)NCCO. The Hall–Kier alpha value is -3.96. The first kappa shape index (κ1) is 29.3. The van der Waals surface area contributed by atoms with Crippen LogP contribution >= 0.6 is 0 Å². The third kappa shape index (κ3) is 9.54. The van der Waals surface area contributed by atoms with E-state index in [4.69, 9.17) is 10.8 Å². The fourth-order valence-electron chi connectivity index (χ4n) is 3.52. The molecule has 11 nitrogen and oxygen atoms in total. The number of carbonyl (C=O) groups is 4. The highest BCUT2D eigenvalue weighted by Crippen LogP contribution is 2.11. The molecule has 0 aliphatic heterocycles. The second-order valence-electron chi connectivity index (χ2n) is 8.65. The molecule has 0 radical (unpaired) electrons. The van der Waals surface area contributed by atoms with E-state index in [0.29, 0.717) is 0 Å². The van der Waals surface area contributed by atoms with Gasteiger partial charge in [0.2, 0.25) is 23.6 Å². The van der Waals surface area contributed by atoms with Gasteiger partial charge in [0.15, 0.2) is 0 Å². The molecule has 0 aromatic heterocycles. The molecule has 3 atom stereocenters. The molecule has 0 bridgehead atoms. The number of aliphatic hydroxyl groups excluding tert-OH is 1. The van der Waals surface area contributed by atoms with E-state index in [0.717, 1.165) is 11.1 Å². The highest BCUT2D eigenvalue weighted by molar-refractivity contribution is 5.93.